The maximum atomic E-state index is 13.3. The first kappa shape index (κ1) is 17.6. The number of carbonyl (C=O) groups is 1. The third kappa shape index (κ3) is 2.61. The fourth-order valence-corrected chi connectivity index (χ4v) is 5.24. The topological polar surface area (TPSA) is 78.7 Å². The average molecular weight is 415 g/mol. The van der Waals surface area contributed by atoms with Crippen molar-refractivity contribution in [2.75, 3.05) is 10.6 Å². The number of halogens is 1. The first-order valence-corrected chi connectivity index (χ1v) is 10.3. The Morgan fingerprint density at radius 1 is 1.36 bits per heavy atom. The van der Waals surface area contributed by atoms with E-state index in [0.717, 1.165) is 16.4 Å². The lowest BCUT2D eigenvalue weighted by Crippen LogP contribution is -2.31. The number of anilines is 2. The summed E-state index contributed by atoms with van der Waals surface area (Å²) in [4.78, 5) is 18.5. The largest absolute Gasteiger partial charge is 0.506 e. The third-order valence-corrected chi connectivity index (χ3v) is 6.39. The molecule has 3 N–H and O–H groups in total. The normalized spacial score (nSPS) is 21.0. The van der Waals surface area contributed by atoms with E-state index < -0.39 is 6.04 Å². The van der Waals surface area contributed by atoms with Gasteiger partial charge in [-0.2, -0.15) is 0 Å². The Morgan fingerprint density at radius 3 is 3.00 bits per heavy atom. The number of ketones is 1. The van der Waals surface area contributed by atoms with Crippen LogP contribution in [0.2, 0.25) is 5.15 Å². The molecule has 0 amide bonds. The number of thiazole rings is 1. The van der Waals surface area contributed by atoms with Crippen LogP contribution < -0.4 is 10.6 Å². The highest BCUT2D eigenvalue weighted by Crippen LogP contribution is 2.48. The molecule has 0 spiro atoms. The Morgan fingerprint density at radius 2 is 2.18 bits per heavy atom. The molecule has 0 bridgehead atoms. The third-order valence-electron chi connectivity index (χ3n) is 5.35. The molecule has 5 rings (SSSR count). The number of aromatic hydroxyl groups is 1. The van der Waals surface area contributed by atoms with E-state index in [1.807, 2.05) is 22.0 Å². The van der Waals surface area contributed by atoms with Crippen molar-refractivity contribution in [3.8, 4) is 5.75 Å². The molecule has 1 unspecified atom stereocenters. The fraction of sp³-hybridized carbons (Fsp3) is 0.300. The van der Waals surface area contributed by atoms with Crippen molar-refractivity contribution in [1.29, 1.82) is 0 Å². The zero-order valence-corrected chi connectivity index (χ0v) is 17.0. The van der Waals surface area contributed by atoms with Gasteiger partial charge in [-0.05, 0) is 24.0 Å². The molecule has 6 nitrogen and oxygen atoms in total. The second-order valence-corrected chi connectivity index (χ2v) is 9.31. The number of rotatable bonds is 1. The average Bonchev–Trinajstić information content (AvgIpc) is 3.10. The van der Waals surface area contributed by atoms with E-state index >= 15 is 0 Å². The minimum absolute atomic E-state index is 0.0739. The van der Waals surface area contributed by atoms with Gasteiger partial charge in [0.2, 0.25) is 0 Å². The number of phenols is 1. The summed E-state index contributed by atoms with van der Waals surface area (Å²) in [6.07, 6.45) is 3.06. The number of para-hydroxylation sites is 1. The highest BCUT2D eigenvalue weighted by Gasteiger charge is 2.40. The van der Waals surface area contributed by atoms with Crippen molar-refractivity contribution in [2.24, 2.45) is 5.41 Å². The first-order valence-electron chi connectivity index (χ1n) is 9.07. The van der Waals surface area contributed by atoms with Crippen LogP contribution in [-0.4, -0.2) is 20.3 Å². The number of benzene rings is 1. The number of imidazole rings is 1. The number of hydrogen-bond acceptors (Lipinski definition) is 6. The van der Waals surface area contributed by atoms with Crippen LogP contribution in [0.15, 0.2) is 41.0 Å². The molecule has 0 radical (unpaired) electrons. The molecule has 28 heavy (non-hydrogen) atoms. The maximum absolute atomic E-state index is 13.3. The predicted octanol–water partition coefficient (Wildman–Crippen LogP) is 4.98. The number of nitrogens with one attached hydrogen (secondary N) is 2. The molecule has 0 saturated carbocycles. The van der Waals surface area contributed by atoms with Crippen LogP contribution in [0.5, 0.6) is 5.75 Å². The number of Topliss-reactive ketones (excluding diaryl/α,β-unsaturated/α-hetero) is 1. The molecule has 1 atom stereocenters. The lowest BCUT2D eigenvalue weighted by atomic mass is 9.74. The lowest BCUT2D eigenvalue weighted by molar-refractivity contribution is -0.118. The number of aromatic nitrogens is 2. The number of phenolic OH excluding ortho intramolecular Hbond substituents is 1. The van der Waals surface area contributed by atoms with E-state index in [1.165, 1.54) is 11.3 Å². The summed E-state index contributed by atoms with van der Waals surface area (Å²) in [5.41, 5.74) is 3.33. The zero-order chi connectivity index (χ0) is 19.6. The van der Waals surface area contributed by atoms with E-state index in [4.69, 9.17) is 11.6 Å². The number of hydrogen-bond donors (Lipinski definition) is 3. The lowest BCUT2D eigenvalue weighted by Gasteiger charge is -2.34. The van der Waals surface area contributed by atoms with Crippen LogP contribution in [-0.2, 0) is 4.79 Å². The van der Waals surface area contributed by atoms with Gasteiger partial charge in [0.1, 0.15) is 17.5 Å². The summed E-state index contributed by atoms with van der Waals surface area (Å²) in [6.45, 7) is 4.16. The Bertz CT molecular complexity index is 1160. The van der Waals surface area contributed by atoms with Crippen molar-refractivity contribution in [2.45, 2.75) is 32.7 Å². The van der Waals surface area contributed by atoms with Crippen molar-refractivity contribution < 1.29 is 9.90 Å². The molecular weight excluding hydrogens is 396 g/mol. The fourth-order valence-electron chi connectivity index (χ4n) is 4.19. The molecule has 8 heteroatoms. The van der Waals surface area contributed by atoms with Crippen molar-refractivity contribution >= 4 is 45.1 Å². The van der Waals surface area contributed by atoms with E-state index in [1.54, 1.807) is 12.1 Å². The second kappa shape index (κ2) is 5.99. The van der Waals surface area contributed by atoms with Crippen molar-refractivity contribution in [3.05, 3.63) is 51.9 Å². The molecular formula is C20H19ClN4O2S. The van der Waals surface area contributed by atoms with E-state index in [9.17, 15) is 9.90 Å². The maximum Gasteiger partial charge on any atom is 0.195 e. The highest BCUT2D eigenvalue weighted by atomic mass is 35.5. The van der Waals surface area contributed by atoms with Crippen LogP contribution in [0.1, 0.15) is 38.4 Å². The number of carbonyl (C=O) groups excluding carboxylic acids is 1. The Kier molecular flexibility index (Phi) is 3.76. The summed E-state index contributed by atoms with van der Waals surface area (Å²) in [5.74, 6) is 0.207. The van der Waals surface area contributed by atoms with Gasteiger partial charge < -0.3 is 15.7 Å². The zero-order valence-electron chi connectivity index (χ0n) is 15.4. The van der Waals surface area contributed by atoms with Gasteiger partial charge in [0.05, 0.1) is 11.4 Å². The van der Waals surface area contributed by atoms with Crippen molar-refractivity contribution in [1.82, 2.24) is 9.38 Å². The highest BCUT2D eigenvalue weighted by molar-refractivity contribution is 7.15. The molecule has 144 valence electrons. The Balaban J connectivity index is 1.77. The van der Waals surface area contributed by atoms with Gasteiger partial charge in [0, 0.05) is 29.3 Å². The van der Waals surface area contributed by atoms with E-state index in [-0.39, 0.29) is 16.9 Å². The number of nitrogens with zero attached hydrogens (tertiary/aromatic N) is 2. The van der Waals surface area contributed by atoms with Crippen LogP contribution >= 0.6 is 22.9 Å². The SMILES string of the molecule is CC1(C)CC(=O)C2=C(C1)Nc1c(O)cccc1NC2c1c(Cl)nc2sccn12. The summed E-state index contributed by atoms with van der Waals surface area (Å²) in [6, 6.07) is 4.82. The number of fused-ring (bicyclic) bond motifs is 2. The molecule has 2 aliphatic rings. The molecule has 0 saturated heterocycles. The van der Waals surface area contributed by atoms with Crippen LogP contribution in [0.3, 0.4) is 0 Å². The van der Waals surface area contributed by atoms with E-state index in [2.05, 4.69) is 29.5 Å². The van der Waals surface area contributed by atoms with Gasteiger partial charge >= 0.3 is 0 Å². The molecule has 1 aliphatic carbocycles. The van der Waals surface area contributed by atoms with Gasteiger partial charge in [0.25, 0.3) is 0 Å². The quantitative estimate of drug-likeness (QED) is 0.489. The van der Waals surface area contributed by atoms with Crippen LogP contribution in [0.4, 0.5) is 11.4 Å². The first-order chi connectivity index (χ1) is 13.3. The smallest absolute Gasteiger partial charge is 0.195 e. The summed E-state index contributed by atoms with van der Waals surface area (Å²) < 4.78 is 1.93. The van der Waals surface area contributed by atoms with Gasteiger partial charge in [0.15, 0.2) is 15.9 Å². The molecule has 0 fully saturated rings. The molecule has 3 aromatic rings. The predicted molar refractivity (Wildman–Crippen MR) is 111 cm³/mol. The molecule has 1 aromatic carbocycles. The van der Waals surface area contributed by atoms with Gasteiger partial charge in [-0.25, -0.2) is 4.98 Å². The minimum Gasteiger partial charge on any atom is -0.506 e. The number of allylic oxidation sites excluding steroid dienone is 1. The monoisotopic (exact) mass is 414 g/mol. The Labute approximate surface area is 170 Å². The Hall–Kier alpha value is -2.51. The summed E-state index contributed by atoms with van der Waals surface area (Å²) >= 11 is 8.01. The minimum atomic E-state index is -0.466. The van der Waals surface area contributed by atoms with Crippen LogP contribution in [0, 0.1) is 5.41 Å². The summed E-state index contributed by atoms with van der Waals surface area (Å²) in [7, 11) is 0. The van der Waals surface area contributed by atoms with Gasteiger partial charge in [-0.15, -0.1) is 11.3 Å². The van der Waals surface area contributed by atoms with Crippen LogP contribution in [0.25, 0.3) is 4.96 Å². The summed E-state index contributed by atoms with van der Waals surface area (Å²) in [5, 5.41) is 19.5. The van der Waals surface area contributed by atoms with Gasteiger partial charge in [-0.1, -0.05) is 31.5 Å². The standard InChI is InChI=1S/C20H19ClN4O2S/c1-20(2)8-11-14(13(27)9-20)16(17-18(21)24-19-25(17)6-7-28-19)22-10-4-3-5-12(26)15(10)23-11/h3-7,16,22-23,26H,8-9H2,1-2H3. The van der Waals surface area contributed by atoms with E-state index in [0.29, 0.717) is 34.9 Å². The van der Waals surface area contributed by atoms with Gasteiger partial charge in [-0.3, -0.25) is 9.20 Å². The molecule has 2 aromatic heterocycles. The molecule has 3 heterocycles. The van der Waals surface area contributed by atoms with Crippen molar-refractivity contribution in [3.63, 3.8) is 0 Å². The second-order valence-electron chi connectivity index (χ2n) is 8.08. The molecule has 1 aliphatic heterocycles.